The Morgan fingerprint density at radius 2 is 1.76 bits per heavy atom. The summed E-state index contributed by atoms with van der Waals surface area (Å²) in [6.07, 6.45) is 0. The van der Waals surface area contributed by atoms with Gasteiger partial charge in [0, 0.05) is 42.1 Å². The number of piperazine rings is 1. The molecule has 1 fully saturated rings. The summed E-state index contributed by atoms with van der Waals surface area (Å²) >= 11 is 13.8. The number of halogens is 2. The highest BCUT2D eigenvalue weighted by molar-refractivity contribution is 7.17. The van der Waals surface area contributed by atoms with Crippen molar-refractivity contribution in [3.05, 3.63) is 40.0 Å². The van der Waals surface area contributed by atoms with Crippen molar-refractivity contribution in [2.75, 3.05) is 37.6 Å². The van der Waals surface area contributed by atoms with Gasteiger partial charge in [0.05, 0.1) is 5.39 Å². The smallest absolute Gasteiger partial charge is 0.225 e. The number of likely N-dealkylation sites (N-methyl/N-ethyl adjacent to an activating group) is 1. The second kappa shape index (κ2) is 7.08. The molecular weight excluding hydrogens is 375 g/mol. The summed E-state index contributed by atoms with van der Waals surface area (Å²) in [6, 6.07) is 7.90. The first-order valence-electron chi connectivity index (χ1n) is 8.33. The van der Waals surface area contributed by atoms with E-state index in [4.69, 9.17) is 23.2 Å². The summed E-state index contributed by atoms with van der Waals surface area (Å²) in [6.45, 7) is 7.27. The van der Waals surface area contributed by atoms with Gasteiger partial charge in [0.2, 0.25) is 5.28 Å². The zero-order valence-corrected chi connectivity index (χ0v) is 16.2. The molecule has 0 N–H and O–H groups in total. The van der Waals surface area contributed by atoms with E-state index in [1.54, 1.807) is 11.3 Å². The van der Waals surface area contributed by atoms with Gasteiger partial charge in [-0.2, -0.15) is 4.98 Å². The van der Waals surface area contributed by atoms with Gasteiger partial charge in [0.1, 0.15) is 10.6 Å². The first-order valence-corrected chi connectivity index (χ1v) is 9.97. The molecule has 0 atom stereocenters. The van der Waals surface area contributed by atoms with Crippen molar-refractivity contribution in [1.82, 2.24) is 14.9 Å². The molecule has 3 aromatic rings. The molecule has 1 aliphatic rings. The number of hydrogen-bond donors (Lipinski definition) is 0. The summed E-state index contributed by atoms with van der Waals surface area (Å²) in [4.78, 5) is 14.7. The normalized spacial score (nSPS) is 15.9. The molecule has 0 amide bonds. The van der Waals surface area contributed by atoms with Crippen LogP contribution in [0.15, 0.2) is 29.6 Å². The zero-order chi connectivity index (χ0) is 17.4. The van der Waals surface area contributed by atoms with Gasteiger partial charge in [0.15, 0.2) is 0 Å². The number of aromatic nitrogens is 2. The standard InChI is InChI=1S/C18H18Cl2N4S/c1-2-23-7-9-24(10-8-23)16-15-14(12-3-5-13(19)6-4-12)11-25-17(15)22-18(20)21-16/h3-6,11H,2,7-10H2,1H3. The van der Waals surface area contributed by atoms with E-state index in [0.29, 0.717) is 5.28 Å². The Morgan fingerprint density at radius 3 is 2.44 bits per heavy atom. The highest BCUT2D eigenvalue weighted by Crippen LogP contribution is 2.39. The van der Waals surface area contributed by atoms with Gasteiger partial charge in [-0.15, -0.1) is 11.3 Å². The average molecular weight is 393 g/mol. The van der Waals surface area contributed by atoms with Crippen LogP contribution >= 0.6 is 34.5 Å². The van der Waals surface area contributed by atoms with Gasteiger partial charge >= 0.3 is 0 Å². The van der Waals surface area contributed by atoms with E-state index in [0.717, 1.165) is 64.9 Å². The Bertz CT molecular complexity index is 886. The predicted octanol–water partition coefficient (Wildman–Crippen LogP) is 4.81. The molecule has 0 unspecified atom stereocenters. The van der Waals surface area contributed by atoms with E-state index in [1.807, 2.05) is 24.3 Å². The fourth-order valence-corrected chi connectivity index (χ4v) is 4.53. The molecule has 0 saturated carbocycles. The maximum atomic E-state index is 6.20. The summed E-state index contributed by atoms with van der Waals surface area (Å²) < 4.78 is 0. The Hall–Kier alpha value is -1.40. The van der Waals surface area contributed by atoms with Gasteiger partial charge < -0.3 is 9.80 Å². The largest absolute Gasteiger partial charge is 0.353 e. The molecule has 0 radical (unpaired) electrons. The molecule has 1 aromatic carbocycles. The molecule has 3 heterocycles. The monoisotopic (exact) mass is 392 g/mol. The lowest BCUT2D eigenvalue weighted by Gasteiger charge is -2.35. The lowest BCUT2D eigenvalue weighted by atomic mass is 10.1. The topological polar surface area (TPSA) is 32.3 Å². The lowest BCUT2D eigenvalue weighted by molar-refractivity contribution is 0.271. The van der Waals surface area contributed by atoms with Gasteiger partial charge in [-0.3, -0.25) is 0 Å². The first-order chi connectivity index (χ1) is 12.2. The second-order valence-electron chi connectivity index (χ2n) is 6.07. The van der Waals surface area contributed by atoms with Gasteiger partial charge in [-0.05, 0) is 35.8 Å². The maximum Gasteiger partial charge on any atom is 0.225 e. The van der Waals surface area contributed by atoms with Crippen LogP contribution < -0.4 is 4.90 Å². The summed E-state index contributed by atoms with van der Waals surface area (Å²) in [5, 5.41) is 4.26. The minimum atomic E-state index is 0.310. The van der Waals surface area contributed by atoms with Gasteiger partial charge in [-0.1, -0.05) is 30.7 Å². The van der Waals surface area contributed by atoms with E-state index in [9.17, 15) is 0 Å². The molecule has 1 aliphatic heterocycles. The number of benzene rings is 1. The average Bonchev–Trinajstić information content (AvgIpc) is 3.05. The van der Waals surface area contributed by atoms with E-state index >= 15 is 0 Å². The van der Waals surface area contributed by atoms with Crippen LogP contribution in [0.25, 0.3) is 21.3 Å². The second-order valence-corrected chi connectivity index (χ2v) is 7.71. The molecule has 0 aliphatic carbocycles. The van der Waals surface area contributed by atoms with Crippen molar-refractivity contribution < 1.29 is 0 Å². The highest BCUT2D eigenvalue weighted by Gasteiger charge is 2.22. The van der Waals surface area contributed by atoms with Gasteiger partial charge in [-0.25, -0.2) is 4.98 Å². The van der Waals surface area contributed by atoms with Crippen molar-refractivity contribution in [2.24, 2.45) is 0 Å². The third-order valence-corrected chi connectivity index (χ3v) is 5.95. The Balaban J connectivity index is 1.80. The number of thiophene rings is 1. The van der Waals surface area contributed by atoms with Crippen LogP contribution in [-0.4, -0.2) is 47.6 Å². The van der Waals surface area contributed by atoms with Crippen molar-refractivity contribution >= 4 is 50.6 Å². The Morgan fingerprint density at radius 1 is 1.04 bits per heavy atom. The van der Waals surface area contributed by atoms with Crippen LogP contribution in [-0.2, 0) is 0 Å². The molecule has 7 heteroatoms. The van der Waals surface area contributed by atoms with E-state index in [1.165, 1.54) is 0 Å². The Labute approximate surface area is 161 Å². The lowest BCUT2D eigenvalue weighted by Crippen LogP contribution is -2.46. The molecule has 4 rings (SSSR count). The number of fused-ring (bicyclic) bond motifs is 1. The molecule has 4 nitrogen and oxygen atoms in total. The van der Waals surface area contributed by atoms with E-state index < -0.39 is 0 Å². The van der Waals surface area contributed by atoms with E-state index in [-0.39, 0.29) is 0 Å². The quantitative estimate of drug-likeness (QED) is 0.598. The summed E-state index contributed by atoms with van der Waals surface area (Å²) in [5.74, 6) is 0.942. The molecule has 2 aromatic heterocycles. The molecule has 130 valence electrons. The summed E-state index contributed by atoms with van der Waals surface area (Å²) in [5.41, 5.74) is 2.26. The molecular formula is C18H18Cl2N4S. The zero-order valence-electron chi connectivity index (χ0n) is 13.9. The molecule has 0 spiro atoms. The minimum Gasteiger partial charge on any atom is -0.353 e. The molecule has 1 saturated heterocycles. The third kappa shape index (κ3) is 3.34. The fraction of sp³-hybridized carbons (Fsp3) is 0.333. The van der Waals surface area contributed by atoms with Crippen molar-refractivity contribution in [3.8, 4) is 11.1 Å². The molecule has 0 bridgehead atoms. The SMILES string of the molecule is CCN1CCN(c2nc(Cl)nc3scc(-c4ccc(Cl)cc4)c23)CC1. The predicted molar refractivity (Wildman–Crippen MR) is 107 cm³/mol. The Kier molecular flexibility index (Phi) is 4.82. The van der Waals surface area contributed by atoms with Crippen LogP contribution in [0.3, 0.4) is 0 Å². The van der Waals surface area contributed by atoms with Crippen LogP contribution in [0, 0.1) is 0 Å². The van der Waals surface area contributed by atoms with Crippen molar-refractivity contribution in [1.29, 1.82) is 0 Å². The van der Waals surface area contributed by atoms with Gasteiger partial charge in [0.25, 0.3) is 0 Å². The van der Waals surface area contributed by atoms with Crippen LogP contribution in [0.4, 0.5) is 5.82 Å². The number of nitrogens with zero attached hydrogens (tertiary/aromatic N) is 4. The van der Waals surface area contributed by atoms with Crippen LogP contribution in [0.1, 0.15) is 6.92 Å². The first kappa shape index (κ1) is 17.0. The molecule has 25 heavy (non-hydrogen) atoms. The summed E-state index contributed by atoms with van der Waals surface area (Å²) in [7, 11) is 0. The van der Waals surface area contributed by atoms with Crippen molar-refractivity contribution in [3.63, 3.8) is 0 Å². The van der Waals surface area contributed by atoms with E-state index in [2.05, 4.69) is 32.1 Å². The number of anilines is 1. The maximum absolute atomic E-state index is 6.20. The minimum absolute atomic E-state index is 0.310. The fourth-order valence-electron chi connectivity index (χ4n) is 3.24. The van der Waals surface area contributed by atoms with Crippen molar-refractivity contribution in [2.45, 2.75) is 6.92 Å². The highest BCUT2D eigenvalue weighted by atomic mass is 35.5. The van der Waals surface area contributed by atoms with Crippen LogP contribution in [0.2, 0.25) is 10.3 Å². The number of rotatable bonds is 3. The van der Waals surface area contributed by atoms with Crippen LogP contribution in [0.5, 0.6) is 0 Å². The number of hydrogen-bond acceptors (Lipinski definition) is 5. The third-order valence-electron chi connectivity index (χ3n) is 4.66.